The number of sulfonamides is 1. The summed E-state index contributed by atoms with van der Waals surface area (Å²) < 4.78 is 31.3. The Morgan fingerprint density at radius 3 is 2.73 bits per heavy atom. The number of aromatic amines is 1. The Kier molecular flexibility index (Phi) is 5.21. The average molecular weight is 392 g/mol. The summed E-state index contributed by atoms with van der Waals surface area (Å²) >= 11 is 1.04. The molecular formula is C17H16N2O5S2. The summed E-state index contributed by atoms with van der Waals surface area (Å²) in [4.78, 5) is 27.4. The molecule has 0 radical (unpaired) electrons. The maximum atomic E-state index is 12.5. The molecule has 0 bridgehead atoms. The van der Waals surface area contributed by atoms with Crippen LogP contribution < -0.4 is 4.72 Å². The molecule has 0 aliphatic carbocycles. The smallest absolute Gasteiger partial charge is 0.321 e. The molecule has 0 saturated carbocycles. The molecule has 1 atom stereocenters. The number of benzene rings is 1. The zero-order valence-corrected chi connectivity index (χ0v) is 15.4. The molecule has 0 spiro atoms. The Labute approximate surface area is 154 Å². The first-order chi connectivity index (χ1) is 12.4. The largest absolute Gasteiger partial charge is 0.453 e. The predicted octanol–water partition coefficient (Wildman–Crippen LogP) is 2.32. The van der Waals surface area contributed by atoms with Gasteiger partial charge in [-0.05, 0) is 24.4 Å². The molecular weight excluding hydrogens is 376 g/mol. The van der Waals surface area contributed by atoms with Crippen molar-refractivity contribution in [3.05, 3.63) is 53.5 Å². The van der Waals surface area contributed by atoms with Crippen molar-refractivity contribution in [3.63, 3.8) is 0 Å². The van der Waals surface area contributed by atoms with Gasteiger partial charge in [-0.15, -0.1) is 11.3 Å². The summed E-state index contributed by atoms with van der Waals surface area (Å²) in [5.74, 6) is -1.19. The van der Waals surface area contributed by atoms with Crippen molar-refractivity contribution < 1.29 is 22.7 Å². The molecule has 3 rings (SSSR count). The molecule has 136 valence electrons. The van der Waals surface area contributed by atoms with E-state index in [2.05, 4.69) is 9.71 Å². The van der Waals surface area contributed by atoms with Crippen LogP contribution in [0.4, 0.5) is 0 Å². The molecule has 2 N–H and O–H groups in total. The summed E-state index contributed by atoms with van der Waals surface area (Å²) in [6.45, 7) is 0.904. The van der Waals surface area contributed by atoms with E-state index in [9.17, 15) is 18.0 Å². The maximum Gasteiger partial charge on any atom is 0.321 e. The Hall–Kier alpha value is -2.49. The summed E-state index contributed by atoms with van der Waals surface area (Å²) in [7, 11) is -3.76. The third-order valence-electron chi connectivity index (χ3n) is 3.70. The fourth-order valence-corrected chi connectivity index (χ4v) is 4.43. The van der Waals surface area contributed by atoms with E-state index in [1.165, 1.54) is 13.0 Å². The number of nitrogens with one attached hydrogen (secondary N) is 2. The van der Waals surface area contributed by atoms with Crippen molar-refractivity contribution in [1.82, 2.24) is 9.71 Å². The lowest BCUT2D eigenvalue weighted by Gasteiger charge is -2.12. The number of rotatable bonds is 7. The number of hydrogen-bond donors (Lipinski definition) is 2. The number of Topliss-reactive ketones (excluding diaryl/α,β-unsaturated/α-hetero) is 1. The maximum absolute atomic E-state index is 12.5. The van der Waals surface area contributed by atoms with Crippen LogP contribution >= 0.6 is 11.3 Å². The summed E-state index contributed by atoms with van der Waals surface area (Å²) in [5.41, 5.74) is 1.22. The molecule has 1 unspecified atom stereocenters. The van der Waals surface area contributed by atoms with E-state index in [0.29, 0.717) is 5.56 Å². The van der Waals surface area contributed by atoms with Crippen LogP contribution in [0.25, 0.3) is 10.9 Å². The summed E-state index contributed by atoms with van der Waals surface area (Å²) in [5, 5.41) is 2.35. The second kappa shape index (κ2) is 7.40. The minimum Gasteiger partial charge on any atom is -0.453 e. The second-order valence-corrected chi connectivity index (χ2v) is 8.44. The Morgan fingerprint density at radius 1 is 1.23 bits per heavy atom. The zero-order valence-electron chi connectivity index (χ0n) is 13.8. The number of hydrogen-bond acceptors (Lipinski definition) is 6. The lowest BCUT2D eigenvalue weighted by atomic mass is 10.1. The molecule has 0 aliphatic heterocycles. The van der Waals surface area contributed by atoms with Gasteiger partial charge >= 0.3 is 5.97 Å². The van der Waals surface area contributed by atoms with Crippen LogP contribution in [-0.2, 0) is 19.6 Å². The number of carbonyl (C=O) groups is 2. The highest BCUT2D eigenvalue weighted by Crippen LogP contribution is 2.20. The Balaban J connectivity index is 1.61. The number of carbonyl (C=O) groups excluding carboxylic acids is 2. The van der Waals surface area contributed by atoms with E-state index in [-0.39, 0.29) is 9.99 Å². The number of fused-ring (bicyclic) bond motifs is 1. The number of esters is 1. The van der Waals surface area contributed by atoms with Gasteiger partial charge in [-0.2, -0.15) is 4.72 Å². The van der Waals surface area contributed by atoms with Crippen molar-refractivity contribution in [2.24, 2.45) is 0 Å². The van der Waals surface area contributed by atoms with E-state index < -0.39 is 28.6 Å². The molecule has 0 amide bonds. The van der Waals surface area contributed by atoms with Gasteiger partial charge in [-0.1, -0.05) is 24.3 Å². The Bertz CT molecular complexity index is 1040. The highest BCUT2D eigenvalue weighted by Gasteiger charge is 2.23. The number of aromatic nitrogens is 1. The van der Waals surface area contributed by atoms with Crippen LogP contribution in [0.2, 0.25) is 0 Å². The number of ketones is 1. The van der Waals surface area contributed by atoms with Crippen LogP contribution in [0, 0.1) is 0 Å². The molecule has 0 saturated heterocycles. The number of H-pyrrole nitrogens is 1. The SMILES string of the molecule is CC(OC(=O)CNS(=O)(=O)c1cccs1)C(=O)c1c[nH]c2ccccc12. The van der Waals surface area contributed by atoms with Crippen LogP contribution in [0.15, 0.2) is 52.2 Å². The molecule has 3 aromatic rings. The van der Waals surface area contributed by atoms with Crippen LogP contribution in [-0.4, -0.2) is 37.8 Å². The lowest BCUT2D eigenvalue weighted by Crippen LogP contribution is -2.33. The van der Waals surface area contributed by atoms with Gasteiger partial charge in [0.25, 0.3) is 10.0 Å². The predicted molar refractivity (Wildman–Crippen MR) is 97.7 cm³/mol. The highest BCUT2D eigenvalue weighted by atomic mass is 32.2. The Morgan fingerprint density at radius 2 is 2.00 bits per heavy atom. The van der Waals surface area contributed by atoms with Crippen molar-refractivity contribution in [2.75, 3.05) is 6.54 Å². The van der Waals surface area contributed by atoms with E-state index >= 15 is 0 Å². The number of para-hydroxylation sites is 1. The van der Waals surface area contributed by atoms with E-state index in [4.69, 9.17) is 4.74 Å². The van der Waals surface area contributed by atoms with Gasteiger partial charge < -0.3 is 9.72 Å². The molecule has 0 fully saturated rings. The fourth-order valence-electron chi connectivity index (χ4n) is 2.43. The third-order valence-corrected chi connectivity index (χ3v) is 6.50. The lowest BCUT2D eigenvalue weighted by molar-refractivity contribution is -0.144. The van der Waals surface area contributed by atoms with Gasteiger partial charge in [0, 0.05) is 22.7 Å². The first-order valence-electron chi connectivity index (χ1n) is 7.71. The van der Waals surface area contributed by atoms with Crippen LogP contribution in [0.5, 0.6) is 0 Å². The molecule has 2 heterocycles. The van der Waals surface area contributed by atoms with E-state index in [1.807, 2.05) is 18.2 Å². The van der Waals surface area contributed by atoms with Crippen molar-refractivity contribution in [3.8, 4) is 0 Å². The van der Waals surface area contributed by atoms with Gasteiger partial charge in [0.05, 0.1) is 0 Å². The molecule has 26 heavy (non-hydrogen) atoms. The normalized spacial score (nSPS) is 12.8. The quantitative estimate of drug-likeness (QED) is 0.474. The number of thiophene rings is 1. The van der Waals surface area contributed by atoms with E-state index in [1.54, 1.807) is 23.7 Å². The van der Waals surface area contributed by atoms with E-state index in [0.717, 1.165) is 22.2 Å². The fraction of sp³-hybridized carbons (Fsp3) is 0.176. The first kappa shape index (κ1) is 18.3. The minimum absolute atomic E-state index is 0.105. The third kappa shape index (κ3) is 3.85. The highest BCUT2D eigenvalue weighted by molar-refractivity contribution is 7.91. The van der Waals surface area contributed by atoms with Gasteiger partial charge in [0.1, 0.15) is 10.8 Å². The van der Waals surface area contributed by atoms with Gasteiger partial charge in [0.15, 0.2) is 6.10 Å². The van der Waals surface area contributed by atoms with Crippen LogP contribution in [0.1, 0.15) is 17.3 Å². The summed E-state index contributed by atoms with van der Waals surface area (Å²) in [6.07, 6.45) is 0.532. The van der Waals surface area contributed by atoms with Crippen molar-refractivity contribution >= 4 is 44.0 Å². The van der Waals surface area contributed by atoms with Crippen molar-refractivity contribution in [1.29, 1.82) is 0 Å². The molecule has 1 aromatic carbocycles. The second-order valence-electron chi connectivity index (χ2n) is 5.50. The standard InChI is InChI=1S/C17H16N2O5S2/c1-11(17(21)13-9-18-14-6-3-2-5-12(13)14)24-15(20)10-19-26(22,23)16-7-4-8-25-16/h2-9,11,18-19H,10H2,1H3. The first-order valence-corrected chi connectivity index (χ1v) is 10.1. The van der Waals surface area contributed by atoms with Gasteiger partial charge in [-0.25, -0.2) is 8.42 Å². The van der Waals surface area contributed by atoms with Gasteiger partial charge in [0.2, 0.25) is 5.78 Å². The molecule has 0 aliphatic rings. The molecule has 7 nitrogen and oxygen atoms in total. The zero-order chi connectivity index (χ0) is 18.7. The van der Waals surface area contributed by atoms with Crippen LogP contribution in [0.3, 0.4) is 0 Å². The molecule has 2 aromatic heterocycles. The molecule has 9 heteroatoms. The minimum atomic E-state index is -3.76. The average Bonchev–Trinajstić information content (AvgIpc) is 3.29. The van der Waals surface area contributed by atoms with Gasteiger partial charge in [-0.3, -0.25) is 9.59 Å². The number of ether oxygens (including phenoxy) is 1. The topological polar surface area (TPSA) is 105 Å². The summed E-state index contributed by atoms with van der Waals surface area (Å²) in [6, 6.07) is 10.3. The van der Waals surface area contributed by atoms with Crippen molar-refractivity contribution in [2.45, 2.75) is 17.2 Å². The monoisotopic (exact) mass is 392 g/mol.